The predicted octanol–water partition coefficient (Wildman–Crippen LogP) is 0.488. The van der Waals surface area contributed by atoms with Gasteiger partial charge in [0, 0.05) is 58.1 Å². The third kappa shape index (κ3) is 4.92. The number of carbonyl (C=O) groups is 2. The van der Waals surface area contributed by atoms with Gasteiger partial charge in [-0.2, -0.15) is 5.26 Å². The molecule has 1 saturated heterocycles. The van der Waals surface area contributed by atoms with Crippen LogP contribution in [0.5, 0.6) is 5.88 Å². The second-order valence-corrected chi connectivity index (χ2v) is 6.81. The fourth-order valence-corrected chi connectivity index (χ4v) is 3.27. The highest BCUT2D eigenvalue weighted by molar-refractivity contribution is 5.96. The van der Waals surface area contributed by atoms with E-state index in [1.54, 1.807) is 47.1 Å². The molecule has 2 heterocycles. The Hall–Kier alpha value is -3.38. The molecule has 29 heavy (non-hydrogen) atoms. The molecule has 0 radical (unpaired) electrons. The normalized spacial score (nSPS) is 14.3. The summed E-state index contributed by atoms with van der Waals surface area (Å²) in [5.41, 5.74) is 1.41. The smallest absolute Gasteiger partial charge is 0.261 e. The Balaban J connectivity index is 1.44. The lowest BCUT2D eigenvalue weighted by Crippen LogP contribution is -2.50. The number of benzene rings is 1. The van der Waals surface area contributed by atoms with E-state index in [2.05, 4.69) is 15.3 Å². The quantitative estimate of drug-likeness (QED) is 0.762. The van der Waals surface area contributed by atoms with Crippen LogP contribution in [0.4, 0.5) is 0 Å². The van der Waals surface area contributed by atoms with E-state index in [0.717, 1.165) is 13.1 Å². The van der Waals surface area contributed by atoms with Crippen LogP contribution in [0.1, 0.15) is 26.3 Å². The zero-order valence-corrected chi connectivity index (χ0v) is 16.6. The highest BCUT2D eigenvalue weighted by atomic mass is 16.5. The Bertz CT molecular complexity index is 925. The maximum atomic E-state index is 12.7. The maximum Gasteiger partial charge on any atom is 0.261 e. The number of piperazine rings is 1. The summed E-state index contributed by atoms with van der Waals surface area (Å²) in [4.78, 5) is 28.9. The number of aryl methyl sites for hydroxylation is 1. The van der Waals surface area contributed by atoms with Crippen LogP contribution in [0.3, 0.4) is 0 Å². The number of ether oxygens (including phenoxy) is 1. The number of nitrogens with zero attached hydrogens (tertiary/aromatic N) is 5. The van der Waals surface area contributed by atoms with Gasteiger partial charge < -0.3 is 15.0 Å². The van der Waals surface area contributed by atoms with Crippen molar-refractivity contribution in [2.24, 2.45) is 7.05 Å². The molecule has 1 N–H and O–H groups in total. The van der Waals surface area contributed by atoms with Crippen LogP contribution in [0, 0.1) is 11.3 Å². The van der Waals surface area contributed by atoms with Gasteiger partial charge in [-0.1, -0.05) is 6.07 Å². The van der Waals surface area contributed by atoms with E-state index in [1.165, 1.54) is 7.11 Å². The van der Waals surface area contributed by atoms with Gasteiger partial charge in [-0.3, -0.25) is 19.2 Å². The van der Waals surface area contributed by atoms with E-state index in [4.69, 9.17) is 10.00 Å². The van der Waals surface area contributed by atoms with Crippen molar-refractivity contribution in [1.82, 2.24) is 24.9 Å². The monoisotopic (exact) mass is 396 g/mol. The van der Waals surface area contributed by atoms with Crippen molar-refractivity contribution in [2.45, 2.75) is 0 Å². The first-order valence-corrected chi connectivity index (χ1v) is 9.39. The molecule has 0 atom stereocenters. The highest BCUT2D eigenvalue weighted by Gasteiger charge is 2.26. The molecule has 152 valence electrons. The van der Waals surface area contributed by atoms with Crippen LogP contribution >= 0.6 is 0 Å². The number of nitrogens with one attached hydrogen (secondary N) is 1. The summed E-state index contributed by atoms with van der Waals surface area (Å²) >= 11 is 0. The molecule has 2 amide bonds. The lowest BCUT2D eigenvalue weighted by molar-refractivity contribution is 0.0635. The second kappa shape index (κ2) is 9.21. The molecule has 1 aromatic heterocycles. The van der Waals surface area contributed by atoms with Crippen molar-refractivity contribution in [3.8, 4) is 11.9 Å². The van der Waals surface area contributed by atoms with Crippen molar-refractivity contribution in [3.63, 3.8) is 0 Å². The summed E-state index contributed by atoms with van der Waals surface area (Å²) in [6, 6.07) is 8.65. The van der Waals surface area contributed by atoms with Gasteiger partial charge in [0.15, 0.2) is 0 Å². The molecular formula is C20H24N6O3. The number of rotatable bonds is 6. The van der Waals surface area contributed by atoms with E-state index in [9.17, 15) is 9.59 Å². The molecule has 3 rings (SSSR count). The van der Waals surface area contributed by atoms with Gasteiger partial charge in [-0.05, 0) is 18.2 Å². The lowest BCUT2D eigenvalue weighted by Gasteiger charge is -2.34. The van der Waals surface area contributed by atoms with Crippen molar-refractivity contribution in [2.75, 3.05) is 46.4 Å². The Labute approximate surface area is 169 Å². The average molecular weight is 396 g/mol. The number of hydrogen-bond acceptors (Lipinski definition) is 6. The fraction of sp³-hybridized carbons (Fsp3) is 0.400. The Morgan fingerprint density at radius 2 is 2.03 bits per heavy atom. The minimum Gasteiger partial charge on any atom is -0.479 e. The van der Waals surface area contributed by atoms with Crippen molar-refractivity contribution in [3.05, 3.63) is 47.2 Å². The summed E-state index contributed by atoms with van der Waals surface area (Å²) in [7, 11) is 3.25. The van der Waals surface area contributed by atoms with Crippen molar-refractivity contribution in [1.29, 1.82) is 5.26 Å². The molecule has 0 bridgehead atoms. The van der Waals surface area contributed by atoms with Crippen LogP contribution in [-0.4, -0.2) is 77.8 Å². The van der Waals surface area contributed by atoms with Gasteiger partial charge in [-0.25, -0.2) is 0 Å². The predicted molar refractivity (Wildman–Crippen MR) is 106 cm³/mol. The molecule has 0 spiro atoms. The first-order chi connectivity index (χ1) is 14.0. The minimum atomic E-state index is -0.195. The van der Waals surface area contributed by atoms with Gasteiger partial charge >= 0.3 is 0 Å². The topological polar surface area (TPSA) is 103 Å². The van der Waals surface area contributed by atoms with E-state index < -0.39 is 0 Å². The minimum absolute atomic E-state index is 0.0831. The Morgan fingerprint density at radius 3 is 2.72 bits per heavy atom. The molecule has 1 aliphatic heterocycles. The zero-order chi connectivity index (χ0) is 20.8. The van der Waals surface area contributed by atoms with Crippen molar-refractivity contribution >= 4 is 11.8 Å². The number of hydrogen-bond donors (Lipinski definition) is 1. The molecular weight excluding hydrogens is 372 g/mol. The van der Waals surface area contributed by atoms with E-state index in [0.29, 0.717) is 48.7 Å². The van der Waals surface area contributed by atoms with E-state index in [1.807, 2.05) is 6.07 Å². The van der Waals surface area contributed by atoms with Gasteiger partial charge in [-0.15, -0.1) is 5.10 Å². The summed E-state index contributed by atoms with van der Waals surface area (Å²) in [6.07, 6.45) is 1.67. The summed E-state index contributed by atoms with van der Waals surface area (Å²) in [6.45, 7) is 3.87. The van der Waals surface area contributed by atoms with Crippen LogP contribution in [-0.2, 0) is 7.05 Å². The highest BCUT2D eigenvalue weighted by Crippen LogP contribution is 2.18. The third-order valence-electron chi connectivity index (χ3n) is 4.85. The molecule has 1 aromatic carbocycles. The Morgan fingerprint density at radius 1 is 1.28 bits per heavy atom. The third-order valence-corrected chi connectivity index (χ3v) is 4.85. The number of amides is 2. The fourth-order valence-electron chi connectivity index (χ4n) is 3.27. The van der Waals surface area contributed by atoms with Gasteiger partial charge in [0.05, 0.1) is 18.7 Å². The number of nitriles is 1. The molecule has 0 aliphatic carbocycles. The molecule has 2 aromatic rings. The molecule has 9 nitrogen and oxygen atoms in total. The van der Waals surface area contributed by atoms with E-state index in [-0.39, 0.29) is 11.8 Å². The van der Waals surface area contributed by atoms with Gasteiger partial charge in [0.25, 0.3) is 11.8 Å². The number of carbonyl (C=O) groups excluding carboxylic acids is 2. The number of aromatic nitrogens is 2. The van der Waals surface area contributed by atoms with Gasteiger partial charge in [0.1, 0.15) is 5.56 Å². The van der Waals surface area contributed by atoms with Gasteiger partial charge in [0.2, 0.25) is 5.88 Å². The maximum absolute atomic E-state index is 12.7. The van der Waals surface area contributed by atoms with Crippen LogP contribution in [0.25, 0.3) is 0 Å². The van der Waals surface area contributed by atoms with Crippen LogP contribution in [0.2, 0.25) is 0 Å². The van der Waals surface area contributed by atoms with E-state index >= 15 is 0 Å². The second-order valence-electron chi connectivity index (χ2n) is 6.81. The molecule has 1 fully saturated rings. The molecule has 1 aliphatic rings. The summed E-state index contributed by atoms with van der Waals surface area (Å²) in [5, 5.41) is 15.9. The first kappa shape index (κ1) is 20.4. The average Bonchev–Trinajstić information content (AvgIpc) is 3.14. The Kier molecular flexibility index (Phi) is 6.46. The lowest BCUT2D eigenvalue weighted by atomic mass is 10.1. The van der Waals surface area contributed by atoms with Crippen LogP contribution in [0.15, 0.2) is 30.5 Å². The zero-order valence-electron chi connectivity index (χ0n) is 16.6. The summed E-state index contributed by atoms with van der Waals surface area (Å²) < 4.78 is 6.74. The molecule has 9 heteroatoms. The molecule has 0 saturated carbocycles. The standard InChI is InChI=1S/C20H24N6O3/c1-24-14-17(19(23-24)29-2)20(28)26-10-8-25(9-11-26)7-6-22-18(27)16-5-3-4-15(12-16)13-21/h3-5,12,14H,6-11H2,1-2H3,(H,22,27). The van der Waals surface area contributed by atoms with Crippen LogP contribution < -0.4 is 10.1 Å². The number of methoxy groups -OCH3 is 1. The molecule has 0 unspecified atom stereocenters. The SMILES string of the molecule is COc1nn(C)cc1C(=O)N1CCN(CCNC(=O)c2cccc(C#N)c2)CC1. The van der Waals surface area contributed by atoms with Crippen molar-refractivity contribution < 1.29 is 14.3 Å². The first-order valence-electron chi connectivity index (χ1n) is 9.39. The summed E-state index contributed by atoms with van der Waals surface area (Å²) in [5.74, 6) is 0.0583. The largest absolute Gasteiger partial charge is 0.479 e.